The molecule has 0 aliphatic rings. The molecule has 0 aliphatic heterocycles. The molecule has 2 rings (SSSR count). The molecule has 0 radical (unpaired) electrons. The fourth-order valence-corrected chi connectivity index (χ4v) is 2.19. The van der Waals surface area contributed by atoms with Crippen LogP contribution in [-0.4, -0.2) is 33.6 Å². The molecule has 0 saturated carbocycles. The van der Waals surface area contributed by atoms with Gasteiger partial charge in [0.2, 0.25) is 0 Å². The van der Waals surface area contributed by atoms with Crippen molar-refractivity contribution < 1.29 is 19.2 Å². The van der Waals surface area contributed by atoms with Crippen molar-refractivity contribution >= 4 is 23.5 Å². The van der Waals surface area contributed by atoms with Crippen LogP contribution in [0.25, 0.3) is 0 Å². The lowest BCUT2D eigenvalue weighted by molar-refractivity contribution is -0.137. The molecule has 1 heterocycles. The second-order valence-corrected chi connectivity index (χ2v) is 6.94. The summed E-state index contributed by atoms with van der Waals surface area (Å²) in [5.74, 6) is -1.03. The van der Waals surface area contributed by atoms with Crippen molar-refractivity contribution in [3.63, 3.8) is 0 Å². The predicted molar refractivity (Wildman–Crippen MR) is 89.0 cm³/mol. The van der Waals surface area contributed by atoms with Crippen LogP contribution in [0.1, 0.15) is 42.6 Å². The van der Waals surface area contributed by atoms with Crippen LogP contribution < -0.4 is 0 Å². The summed E-state index contributed by atoms with van der Waals surface area (Å²) in [4.78, 5) is 24.9. The molecule has 0 bridgehead atoms. The second-order valence-electron chi connectivity index (χ2n) is 6.51. The zero-order chi connectivity index (χ0) is 17.9. The standard InChI is InChI=1S/C17H19ClN2O4/c1-17(2,3)14-8-13(19-24-14)16(23)20(10-15(21)22)9-11-4-6-12(18)7-5-11/h4-8H,9-10H2,1-3H3,(H,21,22). The van der Waals surface area contributed by atoms with Gasteiger partial charge >= 0.3 is 5.97 Å². The van der Waals surface area contributed by atoms with E-state index in [9.17, 15) is 9.59 Å². The monoisotopic (exact) mass is 350 g/mol. The van der Waals surface area contributed by atoms with Gasteiger partial charge in [-0.05, 0) is 17.7 Å². The van der Waals surface area contributed by atoms with Gasteiger partial charge in [-0.15, -0.1) is 0 Å². The van der Waals surface area contributed by atoms with Gasteiger partial charge in [-0.2, -0.15) is 0 Å². The van der Waals surface area contributed by atoms with Crippen molar-refractivity contribution in [2.45, 2.75) is 32.7 Å². The first-order valence-electron chi connectivity index (χ1n) is 7.39. The van der Waals surface area contributed by atoms with Crippen LogP contribution in [0.3, 0.4) is 0 Å². The molecule has 6 nitrogen and oxygen atoms in total. The van der Waals surface area contributed by atoms with Gasteiger partial charge in [0.25, 0.3) is 5.91 Å². The summed E-state index contributed by atoms with van der Waals surface area (Å²) in [5, 5.41) is 13.4. The number of hydrogen-bond acceptors (Lipinski definition) is 4. The highest BCUT2D eigenvalue weighted by molar-refractivity contribution is 6.30. The van der Waals surface area contributed by atoms with Gasteiger partial charge in [0.15, 0.2) is 5.69 Å². The minimum atomic E-state index is -1.10. The first kappa shape index (κ1) is 18.0. The van der Waals surface area contributed by atoms with Gasteiger partial charge < -0.3 is 14.5 Å². The van der Waals surface area contributed by atoms with Gasteiger partial charge in [0.1, 0.15) is 12.3 Å². The van der Waals surface area contributed by atoms with Crippen LogP contribution >= 0.6 is 11.6 Å². The number of amides is 1. The number of aliphatic carboxylic acids is 1. The van der Waals surface area contributed by atoms with Crippen molar-refractivity contribution in [2.24, 2.45) is 0 Å². The summed E-state index contributed by atoms with van der Waals surface area (Å²) < 4.78 is 5.21. The van der Waals surface area contributed by atoms with Crippen molar-refractivity contribution in [3.8, 4) is 0 Å². The van der Waals surface area contributed by atoms with Crippen molar-refractivity contribution in [1.82, 2.24) is 10.1 Å². The highest BCUT2D eigenvalue weighted by Crippen LogP contribution is 2.23. The predicted octanol–water partition coefficient (Wildman–Crippen LogP) is 3.35. The van der Waals surface area contributed by atoms with E-state index in [-0.39, 0.29) is 17.7 Å². The Bertz CT molecular complexity index is 732. The molecular formula is C17H19ClN2O4. The maximum absolute atomic E-state index is 12.6. The summed E-state index contributed by atoms with van der Waals surface area (Å²) >= 11 is 5.84. The molecule has 7 heteroatoms. The van der Waals surface area contributed by atoms with E-state index in [0.29, 0.717) is 10.8 Å². The molecule has 1 aromatic heterocycles. The molecule has 1 aromatic carbocycles. The molecule has 0 saturated heterocycles. The molecule has 24 heavy (non-hydrogen) atoms. The number of rotatable bonds is 5. The fraction of sp³-hybridized carbons (Fsp3) is 0.353. The number of carboxylic acids is 1. The highest BCUT2D eigenvalue weighted by Gasteiger charge is 2.26. The molecule has 1 amide bonds. The Balaban J connectivity index is 2.23. The molecule has 0 aliphatic carbocycles. The van der Waals surface area contributed by atoms with E-state index >= 15 is 0 Å². The lowest BCUT2D eigenvalue weighted by Crippen LogP contribution is -2.35. The van der Waals surface area contributed by atoms with Crippen molar-refractivity contribution in [1.29, 1.82) is 0 Å². The number of carbonyl (C=O) groups is 2. The van der Waals surface area contributed by atoms with E-state index in [0.717, 1.165) is 5.56 Å². The fourth-order valence-electron chi connectivity index (χ4n) is 2.06. The highest BCUT2D eigenvalue weighted by atomic mass is 35.5. The maximum atomic E-state index is 12.6. The molecule has 2 aromatic rings. The number of benzene rings is 1. The average Bonchev–Trinajstić information content (AvgIpc) is 2.97. The lowest BCUT2D eigenvalue weighted by atomic mass is 9.93. The maximum Gasteiger partial charge on any atom is 0.323 e. The van der Waals surface area contributed by atoms with Crippen molar-refractivity contribution in [2.75, 3.05) is 6.54 Å². The average molecular weight is 351 g/mol. The van der Waals surface area contributed by atoms with E-state index in [1.165, 1.54) is 4.90 Å². The Kier molecular flexibility index (Phi) is 5.29. The van der Waals surface area contributed by atoms with Gasteiger partial charge in [-0.1, -0.05) is 49.7 Å². The summed E-state index contributed by atoms with van der Waals surface area (Å²) in [6, 6.07) is 8.42. The number of carbonyl (C=O) groups excluding carboxylic acids is 1. The molecule has 0 unspecified atom stereocenters. The first-order valence-corrected chi connectivity index (χ1v) is 7.77. The Hall–Kier alpha value is -2.34. The normalized spacial score (nSPS) is 11.3. The summed E-state index contributed by atoms with van der Waals surface area (Å²) in [6.07, 6.45) is 0. The van der Waals surface area contributed by atoms with Crippen LogP contribution in [0.4, 0.5) is 0 Å². The van der Waals surface area contributed by atoms with Gasteiger partial charge in [-0.25, -0.2) is 0 Å². The van der Waals surface area contributed by atoms with Crippen LogP contribution in [0.5, 0.6) is 0 Å². The third-order valence-electron chi connectivity index (χ3n) is 3.37. The Morgan fingerprint density at radius 1 is 1.25 bits per heavy atom. The van der Waals surface area contributed by atoms with E-state index in [2.05, 4.69) is 5.16 Å². The van der Waals surface area contributed by atoms with Gasteiger partial charge in [-0.3, -0.25) is 9.59 Å². The van der Waals surface area contributed by atoms with Crippen LogP contribution in [0.15, 0.2) is 34.9 Å². The quantitative estimate of drug-likeness (QED) is 0.893. The largest absolute Gasteiger partial charge is 0.480 e. The van der Waals surface area contributed by atoms with E-state index < -0.39 is 18.4 Å². The zero-order valence-corrected chi connectivity index (χ0v) is 14.5. The topological polar surface area (TPSA) is 83.6 Å². The SMILES string of the molecule is CC(C)(C)c1cc(C(=O)N(CC(=O)O)Cc2ccc(Cl)cc2)no1. The van der Waals surface area contributed by atoms with Crippen LogP contribution in [0.2, 0.25) is 5.02 Å². The summed E-state index contributed by atoms with van der Waals surface area (Å²) in [7, 11) is 0. The van der Waals surface area contributed by atoms with E-state index in [1.807, 2.05) is 20.8 Å². The summed E-state index contributed by atoms with van der Waals surface area (Å²) in [6.45, 7) is 5.51. The van der Waals surface area contributed by atoms with E-state index in [1.54, 1.807) is 30.3 Å². The number of hydrogen-bond donors (Lipinski definition) is 1. The van der Waals surface area contributed by atoms with E-state index in [4.69, 9.17) is 21.2 Å². The number of aromatic nitrogens is 1. The molecule has 0 fully saturated rings. The van der Waals surface area contributed by atoms with Gasteiger partial charge in [0.05, 0.1) is 0 Å². The zero-order valence-electron chi connectivity index (χ0n) is 13.7. The Labute approximate surface area is 145 Å². The van der Waals surface area contributed by atoms with Crippen molar-refractivity contribution in [3.05, 3.63) is 52.4 Å². The van der Waals surface area contributed by atoms with Gasteiger partial charge in [0, 0.05) is 23.0 Å². The molecule has 0 spiro atoms. The number of carboxylic acid groups (broad SMARTS) is 1. The first-order chi connectivity index (χ1) is 11.2. The third-order valence-corrected chi connectivity index (χ3v) is 3.62. The molecule has 1 N–H and O–H groups in total. The van der Waals surface area contributed by atoms with Crippen LogP contribution in [-0.2, 0) is 16.8 Å². The smallest absolute Gasteiger partial charge is 0.323 e. The van der Waals surface area contributed by atoms with Crippen LogP contribution in [0, 0.1) is 0 Å². The minimum absolute atomic E-state index is 0.0927. The molecule has 128 valence electrons. The molecular weight excluding hydrogens is 332 g/mol. The summed E-state index contributed by atoms with van der Waals surface area (Å²) in [5.41, 5.74) is 0.572. The third kappa shape index (κ3) is 4.58. The number of nitrogens with zero attached hydrogens (tertiary/aromatic N) is 2. The number of halogens is 1. The second kappa shape index (κ2) is 7.05. The molecule has 0 atom stereocenters. The lowest BCUT2D eigenvalue weighted by Gasteiger charge is -2.19. The minimum Gasteiger partial charge on any atom is -0.480 e. The Morgan fingerprint density at radius 2 is 1.88 bits per heavy atom. The Morgan fingerprint density at radius 3 is 2.38 bits per heavy atom.